The van der Waals surface area contributed by atoms with Crippen molar-refractivity contribution in [2.75, 3.05) is 18.1 Å². The molecule has 2 bridgehead atoms. The first-order chi connectivity index (χ1) is 11.6. The number of aliphatic carboxylic acids is 1. The largest absolute Gasteiger partial charge is 0.481 e. The van der Waals surface area contributed by atoms with E-state index >= 15 is 0 Å². The second-order valence-electron chi connectivity index (χ2n) is 6.73. The van der Waals surface area contributed by atoms with E-state index in [0.717, 1.165) is 24.3 Å². The van der Waals surface area contributed by atoms with Gasteiger partial charge < -0.3 is 14.6 Å². The number of esters is 1. The Bertz CT molecular complexity index is 414. The highest BCUT2D eigenvalue weighted by Crippen LogP contribution is 2.44. The van der Waals surface area contributed by atoms with Crippen molar-refractivity contribution in [2.45, 2.75) is 70.5 Å². The number of thioether (sulfide) groups is 1. The normalized spacial score (nSPS) is 28.2. The number of carboxylic acid groups (broad SMARTS) is 1. The average molecular weight is 359 g/mol. The molecule has 0 amide bonds. The van der Waals surface area contributed by atoms with E-state index < -0.39 is 23.8 Å². The molecule has 0 unspecified atom stereocenters. The molecule has 0 aromatic heterocycles. The third kappa shape index (κ3) is 5.38. The molecule has 0 spiro atoms. The fraction of sp³-hybridized carbons (Fsp3) is 0.889. The van der Waals surface area contributed by atoms with Crippen LogP contribution >= 0.6 is 11.8 Å². The maximum absolute atomic E-state index is 12.2. The summed E-state index contributed by atoms with van der Waals surface area (Å²) in [6.45, 7) is 2.58. The van der Waals surface area contributed by atoms with Crippen molar-refractivity contribution in [3.8, 4) is 0 Å². The number of hydrogen-bond donors (Lipinski definition) is 1. The summed E-state index contributed by atoms with van der Waals surface area (Å²) >= 11 is 1.80. The third-order valence-electron chi connectivity index (χ3n) is 4.94. The van der Waals surface area contributed by atoms with Gasteiger partial charge in [-0.2, -0.15) is 11.8 Å². The van der Waals surface area contributed by atoms with Gasteiger partial charge in [-0.1, -0.05) is 39.0 Å². The van der Waals surface area contributed by atoms with E-state index in [1.165, 1.54) is 38.5 Å². The topological polar surface area (TPSA) is 72.8 Å². The van der Waals surface area contributed by atoms with Gasteiger partial charge in [-0.15, -0.1) is 0 Å². The first-order valence-corrected chi connectivity index (χ1v) is 10.4. The minimum absolute atomic E-state index is 0.264. The lowest BCUT2D eigenvalue weighted by Crippen LogP contribution is -2.39. The Morgan fingerprint density at radius 1 is 1.04 bits per heavy atom. The number of ether oxygens (including phenoxy) is 2. The standard InChI is InChI=1S/C18H30O5S/c1-2-3-4-5-6-7-11-24-12-10-22-18(21)16-14-9-8-13(23-14)15(16)17(19)20/h13-16H,2-12H2,1H3,(H,19,20)/t13-,14+,15-,16+/m0/s1. The highest BCUT2D eigenvalue weighted by Gasteiger charge is 2.56. The van der Waals surface area contributed by atoms with Crippen molar-refractivity contribution in [3.05, 3.63) is 0 Å². The number of unbranched alkanes of at least 4 members (excludes halogenated alkanes) is 5. The lowest BCUT2D eigenvalue weighted by molar-refractivity contribution is -0.157. The van der Waals surface area contributed by atoms with Crippen molar-refractivity contribution in [2.24, 2.45) is 11.8 Å². The Morgan fingerprint density at radius 3 is 2.42 bits per heavy atom. The summed E-state index contributed by atoms with van der Waals surface area (Å²) in [6.07, 6.45) is 8.65. The van der Waals surface area contributed by atoms with Crippen molar-refractivity contribution < 1.29 is 24.2 Å². The predicted molar refractivity (Wildman–Crippen MR) is 94.2 cm³/mol. The van der Waals surface area contributed by atoms with Gasteiger partial charge >= 0.3 is 11.9 Å². The smallest absolute Gasteiger partial charge is 0.312 e. The second kappa shape index (κ2) is 10.3. The van der Waals surface area contributed by atoms with Crippen LogP contribution < -0.4 is 0 Å². The van der Waals surface area contributed by atoms with Crippen molar-refractivity contribution >= 4 is 23.7 Å². The Hall–Kier alpha value is -0.750. The van der Waals surface area contributed by atoms with Crippen LogP contribution in [0.4, 0.5) is 0 Å². The fourth-order valence-electron chi connectivity index (χ4n) is 3.67. The molecule has 2 rings (SSSR count). The molecule has 24 heavy (non-hydrogen) atoms. The van der Waals surface area contributed by atoms with E-state index in [0.29, 0.717) is 6.61 Å². The zero-order chi connectivity index (χ0) is 17.4. The Balaban J connectivity index is 1.54. The Labute approximate surface area is 148 Å². The van der Waals surface area contributed by atoms with Gasteiger partial charge in [0.1, 0.15) is 6.61 Å². The van der Waals surface area contributed by atoms with E-state index in [1.807, 2.05) is 0 Å². The van der Waals surface area contributed by atoms with Crippen molar-refractivity contribution in [3.63, 3.8) is 0 Å². The molecule has 2 fully saturated rings. The van der Waals surface area contributed by atoms with Gasteiger partial charge in [0.2, 0.25) is 0 Å². The molecule has 5 nitrogen and oxygen atoms in total. The second-order valence-corrected chi connectivity index (χ2v) is 7.95. The number of carbonyl (C=O) groups excluding carboxylic acids is 1. The third-order valence-corrected chi connectivity index (χ3v) is 5.98. The van der Waals surface area contributed by atoms with E-state index in [4.69, 9.17) is 9.47 Å². The van der Waals surface area contributed by atoms with Gasteiger partial charge in [-0.25, -0.2) is 0 Å². The SMILES string of the molecule is CCCCCCCCSCCOC(=O)[C@H]1[C@@H](C(=O)O)[C@@H]2CC[C@H]1O2. The minimum atomic E-state index is -0.943. The van der Waals surface area contributed by atoms with E-state index in [2.05, 4.69) is 6.92 Å². The maximum Gasteiger partial charge on any atom is 0.312 e. The van der Waals surface area contributed by atoms with Gasteiger partial charge in [-0.05, 0) is 25.0 Å². The van der Waals surface area contributed by atoms with Crippen molar-refractivity contribution in [1.82, 2.24) is 0 Å². The summed E-state index contributed by atoms with van der Waals surface area (Å²) in [4.78, 5) is 23.6. The summed E-state index contributed by atoms with van der Waals surface area (Å²) in [6, 6.07) is 0. The molecule has 4 atom stereocenters. The molecule has 0 saturated carbocycles. The maximum atomic E-state index is 12.2. The summed E-state index contributed by atoms with van der Waals surface area (Å²) in [5, 5.41) is 9.31. The molecule has 2 saturated heterocycles. The first kappa shape index (κ1) is 19.6. The molecule has 2 aliphatic rings. The van der Waals surface area contributed by atoms with E-state index in [1.54, 1.807) is 11.8 Å². The predicted octanol–water partition coefficient (Wildman–Crippen LogP) is 3.50. The molecular weight excluding hydrogens is 328 g/mol. The summed E-state index contributed by atoms with van der Waals surface area (Å²) in [5.41, 5.74) is 0. The zero-order valence-electron chi connectivity index (χ0n) is 14.6. The summed E-state index contributed by atoms with van der Waals surface area (Å²) in [7, 11) is 0. The number of hydrogen-bond acceptors (Lipinski definition) is 5. The highest BCUT2D eigenvalue weighted by molar-refractivity contribution is 7.99. The molecule has 2 aliphatic heterocycles. The van der Waals surface area contributed by atoms with Crippen LogP contribution in [0, 0.1) is 11.8 Å². The van der Waals surface area contributed by atoms with Crippen LogP contribution in [0.25, 0.3) is 0 Å². The Morgan fingerprint density at radius 2 is 1.71 bits per heavy atom. The molecule has 6 heteroatoms. The van der Waals surface area contributed by atoms with Crippen LogP contribution in [0.5, 0.6) is 0 Å². The van der Waals surface area contributed by atoms with Crippen molar-refractivity contribution in [1.29, 1.82) is 0 Å². The van der Waals surface area contributed by atoms with Gasteiger partial charge in [0.15, 0.2) is 0 Å². The van der Waals surface area contributed by atoms with E-state index in [-0.39, 0.29) is 12.2 Å². The first-order valence-electron chi connectivity index (χ1n) is 9.27. The number of rotatable bonds is 12. The molecule has 2 heterocycles. The van der Waals surface area contributed by atoms with Gasteiger partial charge in [-0.3, -0.25) is 9.59 Å². The lowest BCUT2D eigenvalue weighted by Gasteiger charge is -2.23. The number of carbonyl (C=O) groups is 2. The van der Waals surface area contributed by atoms with Gasteiger partial charge in [0.25, 0.3) is 0 Å². The summed E-state index contributed by atoms with van der Waals surface area (Å²) in [5.74, 6) is -0.813. The van der Waals surface area contributed by atoms with Gasteiger partial charge in [0.05, 0.1) is 24.0 Å². The number of carboxylic acids is 1. The van der Waals surface area contributed by atoms with Crippen LogP contribution in [-0.4, -0.2) is 47.4 Å². The monoisotopic (exact) mass is 358 g/mol. The minimum Gasteiger partial charge on any atom is -0.481 e. The molecule has 0 radical (unpaired) electrons. The quantitative estimate of drug-likeness (QED) is 0.425. The number of fused-ring (bicyclic) bond motifs is 2. The van der Waals surface area contributed by atoms with E-state index in [9.17, 15) is 14.7 Å². The molecule has 0 aliphatic carbocycles. The fourth-order valence-corrected chi connectivity index (χ4v) is 4.49. The molecule has 138 valence electrons. The lowest BCUT2D eigenvalue weighted by atomic mass is 9.79. The average Bonchev–Trinajstić information content (AvgIpc) is 3.17. The van der Waals surface area contributed by atoms with Crippen LogP contribution in [0.3, 0.4) is 0 Å². The van der Waals surface area contributed by atoms with Crippen LogP contribution in [0.1, 0.15) is 58.3 Å². The van der Waals surface area contributed by atoms with Crippen LogP contribution in [0.15, 0.2) is 0 Å². The van der Waals surface area contributed by atoms with Crippen LogP contribution in [0.2, 0.25) is 0 Å². The molecule has 0 aromatic rings. The Kier molecular flexibility index (Phi) is 8.39. The zero-order valence-corrected chi connectivity index (χ0v) is 15.4. The molecule has 0 aromatic carbocycles. The highest BCUT2D eigenvalue weighted by atomic mass is 32.2. The molecular formula is C18H30O5S. The summed E-state index contributed by atoms with van der Waals surface area (Å²) < 4.78 is 10.9. The van der Waals surface area contributed by atoms with Gasteiger partial charge in [0, 0.05) is 5.75 Å². The van der Waals surface area contributed by atoms with Crippen LogP contribution in [-0.2, 0) is 19.1 Å². The molecule has 1 N–H and O–H groups in total.